The van der Waals surface area contributed by atoms with E-state index in [4.69, 9.17) is 0 Å². The molecule has 5 heteroatoms. The molecular weight excluding hydrogens is 238 g/mol. The average Bonchev–Trinajstić information content (AvgIpc) is 2.29. The fourth-order valence-electron chi connectivity index (χ4n) is 1.35. The van der Waals surface area contributed by atoms with Gasteiger partial charge in [-0.1, -0.05) is 49.0 Å². The van der Waals surface area contributed by atoms with E-state index in [-0.39, 0.29) is 0 Å². The second-order valence-electron chi connectivity index (χ2n) is 3.46. The minimum atomic E-state index is -3.57. The van der Waals surface area contributed by atoms with Crippen molar-refractivity contribution in [3.63, 3.8) is 0 Å². The van der Waals surface area contributed by atoms with Crippen LogP contribution in [0.5, 0.6) is 0 Å². The molecule has 0 heterocycles. The molecule has 0 aliphatic carbocycles. The minimum absolute atomic E-state index is 0.570. The third-order valence-corrected chi connectivity index (χ3v) is 2.45. The van der Waals surface area contributed by atoms with Gasteiger partial charge in [-0.15, -0.1) is 0 Å². The number of hydrogen-bond donors (Lipinski definition) is 0. The number of hydrogen-bond acceptors (Lipinski definition) is 4. The molecule has 0 atom stereocenters. The first-order valence-corrected chi connectivity index (χ1v) is 6.97. The maximum absolute atomic E-state index is 10.9. The van der Waals surface area contributed by atoms with E-state index in [9.17, 15) is 8.42 Å². The maximum atomic E-state index is 10.9. The quantitative estimate of drug-likeness (QED) is 0.598. The maximum Gasteiger partial charge on any atom is 0.325 e. The van der Waals surface area contributed by atoms with Gasteiger partial charge >= 0.3 is 10.1 Å². The first-order valence-electron chi connectivity index (χ1n) is 5.15. The molecule has 0 aromatic heterocycles. The van der Waals surface area contributed by atoms with Crippen molar-refractivity contribution in [2.45, 2.75) is 13.3 Å². The zero-order chi connectivity index (χ0) is 12.9. The van der Waals surface area contributed by atoms with Gasteiger partial charge in [0.15, 0.2) is 0 Å². The van der Waals surface area contributed by atoms with E-state index in [0.29, 0.717) is 12.1 Å². The largest absolute Gasteiger partial charge is 0.325 e. The van der Waals surface area contributed by atoms with Crippen molar-refractivity contribution >= 4 is 21.9 Å². The van der Waals surface area contributed by atoms with Gasteiger partial charge in [0.1, 0.15) is 0 Å². The van der Waals surface area contributed by atoms with E-state index in [1.54, 1.807) is 6.08 Å². The van der Waals surface area contributed by atoms with Crippen LogP contribution in [0.1, 0.15) is 24.5 Å². The highest BCUT2D eigenvalue weighted by atomic mass is 32.2. The lowest BCUT2D eigenvalue weighted by Gasteiger charge is -2.06. The normalized spacial score (nSPS) is 12.2. The summed E-state index contributed by atoms with van der Waals surface area (Å²) in [5, 5.41) is 3.67. The lowest BCUT2D eigenvalue weighted by molar-refractivity contribution is 0.342. The minimum Gasteiger partial charge on any atom is -0.268 e. The molecule has 1 aromatic rings. The van der Waals surface area contributed by atoms with E-state index in [1.807, 2.05) is 31.2 Å². The monoisotopic (exact) mass is 253 g/mol. The summed E-state index contributed by atoms with van der Waals surface area (Å²) in [6.07, 6.45) is 3.23. The van der Waals surface area contributed by atoms with Gasteiger partial charge in [0.05, 0.1) is 12.0 Å². The zero-order valence-electron chi connectivity index (χ0n) is 9.88. The molecule has 17 heavy (non-hydrogen) atoms. The van der Waals surface area contributed by atoms with Crippen LogP contribution < -0.4 is 0 Å². The van der Waals surface area contributed by atoms with Crippen molar-refractivity contribution in [3.05, 3.63) is 42.0 Å². The fourth-order valence-corrected chi connectivity index (χ4v) is 1.58. The fraction of sp³-hybridized carbons (Fsp3) is 0.250. The van der Waals surface area contributed by atoms with Crippen LogP contribution in [0.2, 0.25) is 0 Å². The topological polar surface area (TPSA) is 55.7 Å². The Labute approximate surface area is 102 Å². The number of rotatable bonds is 5. The molecule has 0 unspecified atom stereocenters. The van der Waals surface area contributed by atoms with E-state index < -0.39 is 10.1 Å². The van der Waals surface area contributed by atoms with Crippen molar-refractivity contribution in [1.82, 2.24) is 0 Å². The summed E-state index contributed by atoms with van der Waals surface area (Å²) >= 11 is 0. The van der Waals surface area contributed by atoms with Crippen LogP contribution in [-0.2, 0) is 14.4 Å². The smallest absolute Gasteiger partial charge is 0.268 e. The molecule has 0 aliphatic heterocycles. The van der Waals surface area contributed by atoms with E-state index in [2.05, 4.69) is 16.0 Å². The van der Waals surface area contributed by atoms with E-state index >= 15 is 0 Å². The third kappa shape index (κ3) is 4.03. The highest BCUT2D eigenvalue weighted by Gasteiger charge is 2.08. The molecule has 1 rings (SSSR count). The molecule has 0 N–H and O–H groups in total. The molecule has 0 saturated heterocycles. The summed E-state index contributed by atoms with van der Waals surface area (Å²) in [5.41, 5.74) is 2.30. The predicted octanol–water partition coefficient (Wildman–Crippen LogP) is 2.42. The van der Waals surface area contributed by atoms with E-state index in [1.165, 1.54) is 0 Å². The summed E-state index contributed by atoms with van der Waals surface area (Å²) in [7, 11) is -3.57. The van der Waals surface area contributed by atoms with Crippen molar-refractivity contribution in [1.29, 1.82) is 0 Å². The Morgan fingerprint density at radius 3 is 2.65 bits per heavy atom. The zero-order valence-corrected chi connectivity index (χ0v) is 10.7. The van der Waals surface area contributed by atoms with Crippen molar-refractivity contribution in [2.24, 2.45) is 5.16 Å². The van der Waals surface area contributed by atoms with E-state index in [0.717, 1.165) is 17.4 Å². The van der Waals surface area contributed by atoms with Crippen LogP contribution in [0.25, 0.3) is 6.08 Å². The van der Waals surface area contributed by atoms with Crippen LogP contribution in [0.4, 0.5) is 0 Å². The standard InChI is InChI=1S/C12H15NO3S/c1-4-10-8-6-7-9-11(10)12(5-2)13-16-17(3,14)15/h4,6-9H,1,5H2,2-3H3. The molecule has 0 radical (unpaired) electrons. The van der Waals surface area contributed by atoms with Gasteiger partial charge in [0, 0.05) is 5.56 Å². The number of benzene rings is 1. The van der Waals surface area contributed by atoms with Crippen LogP contribution in [0, 0.1) is 0 Å². The summed E-state index contributed by atoms with van der Waals surface area (Å²) in [6, 6.07) is 7.47. The summed E-state index contributed by atoms with van der Waals surface area (Å²) in [6.45, 7) is 5.58. The van der Waals surface area contributed by atoms with Crippen molar-refractivity contribution < 1.29 is 12.7 Å². The van der Waals surface area contributed by atoms with Gasteiger partial charge in [0.25, 0.3) is 0 Å². The number of oxime groups is 1. The highest BCUT2D eigenvalue weighted by Crippen LogP contribution is 2.13. The summed E-state index contributed by atoms with van der Waals surface area (Å²) < 4.78 is 26.2. The second kappa shape index (κ2) is 5.63. The summed E-state index contributed by atoms with van der Waals surface area (Å²) in [5.74, 6) is 0. The molecule has 0 spiro atoms. The molecule has 0 saturated carbocycles. The van der Waals surface area contributed by atoms with Crippen LogP contribution in [0.3, 0.4) is 0 Å². The number of nitrogens with zero attached hydrogens (tertiary/aromatic N) is 1. The van der Waals surface area contributed by atoms with Crippen molar-refractivity contribution in [2.75, 3.05) is 6.26 Å². The molecule has 1 aromatic carbocycles. The lowest BCUT2D eigenvalue weighted by Crippen LogP contribution is -2.05. The molecule has 0 aliphatic rings. The van der Waals surface area contributed by atoms with Gasteiger partial charge < -0.3 is 0 Å². The first kappa shape index (κ1) is 13.4. The highest BCUT2D eigenvalue weighted by molar-refractivity contribution is 7.85. The van der Waals surface area contributed by atoms with Gasteiger partial charge in [-0.3, -0.25) is 4.28 Å². The van der Waals surface area contributed by atoms with Gasteiger partial charge in [-0.25, -0.2) is 0 Å². The van der Waals surface area contributed by atoms with Gasteiger partial charge in [-0.2, -0.15) is 8.42 Å². The lowest BCUT2D eigenvalue weighted by atomic mass is 10.0. The third-order valence-electron chi connectivity index (χ3n) is 2.11. The van der Waals surface area contributed by atoms with Crippen LogP contribution in [-0.4, -0.2) is 20.4 Å². The average molecular weight is 253 g/mol. The first-order chi connectivity index (χ1) is 7.98. The predicted molar refractivity (Wildman–Crippen MR) is 69.3 cm³/mol. The van der Waals surface area contributed by atoms with Crippen LogP contribution in [0.15, 0.2) is 36.0 Å². The molecule has 92 valence electrons. The Bertz CT molecular complexity index is 532. The van der Waals surface area contributed by atoms with Crippen molar-refractivity contribution in [3.8, 4) is 0 Å². The molecule has 4 nitrogen and oxygen atoms in total. The molecule has 0 amide bonds. The molecule has 0 fully saturated rings. The Kier molecular flexibility index (Phi) is 4.45. The second-order valence-corrected chi connectivity index (χ2v) is 5.02. The SMILES string of the molecule is C=Cc1ccccc1C(CC)=NOS(C)(=O)=O. The Balaban J connectivity index is 3.13. The summed E-state index contributed by atoms with van der Waals surface area (Å²) in [4.78, 5) is 0. The molecule has 0 bridgehead atoms. The van der Waals surface area contributed by atoms with Crippen LogP contribution >= 0.6 is 0 Å². The molecular formula is C12H15NO3S. The van der Waals surface area contributed by atoms with Gasteiger partial charge in [-0.05, 0) is 12.0 Å². The van der Waals surface area contributed by atoms with Gasteiger partial charge in [0.2, 0.25) is 0 Å². The Morgan fingerprint density at radius 1 is 1.47 bits per heavy atom. The Morgan fingerprint density at radius 2 is 2.12 bits per heavy atom. The Hall–Kier alpha value is -1.62.